The molecule has 138 valence electrons. The van der Waals surface area contributed by atoms with E-state index in [1.54, 1.807) is 30.6 Å². The molecule has 2 aromatic heterocycles. The van der Waals surface area contributed by atoms with E-state index in [0.717, 1.165) is 18.7 Å². The van der Waals surface area contributed by atoms with Gasteiger partial charge in [-0.05, 0) is 43.0 Å². The molecule has 1 saturated carbocycles. The summed E-state index contributed by atoms with van der Waals surface area (Å²) >= 11 is 0. The van der Waals surface area contributed by atoms with Crippen LogP contribution in [0.4, 0.5) is 14.5 Å². The predicted molar refractivity (Wildman–Crippen MR) is 97.1 cm³/mol. The van der Waals surface area contributed by atoms with Crippen LogP contribution in [0.2, 0.25) is 0 Å². The number of nitrogens with zero attached hydrogens (tertiary/aromatic N) is 3. The van der Waals surface area contributed by atoms with Crippen LogP contribution in [0.15, 0.2) is 48.8 Å². The molecule has 3 aromatic rings. The Hall–Kier alpha value is -3.09. The van der Waals surface area contributed by atoms with Gasteiger partial charge in [0.15, 0.2) is 0 Å². The fraction of sp³-hybridized carbons (Fsp3) is 0.250. The number of benzene rings is 1. The summed E-state index contributed by atoms with van der Waals surface area (Å²) in [5.41, 5.74) is 1.13. The van der Waals surface area contributed by atoms with Crippen molar-refractivity contribution >= 4 is 11.6 Å². The van der Waals surface area contributed by atoms with Gasteiger partial charge in [-0.1, -0.05) is 12.5 Å². The van der Waals surface area contributed by atoms with E-state index in [4.69, 9.17) is 0 Å². The van der Waals surface area contributed by atoms with E-state index in [-0.39, 0.29) is 17.0 Å². The molecule has 1 fully saturated rings. The molecular weight excluding hydrogens is 350 g/mol. The molecule has 1 amide bonds. The lowest BCUT2D eigenvalue weighted by molar-refractivity contribution is 0.102. The molecule has 27 heavy (non-hydrogen) atoms. The number of halogens is 2. The second kappa shape index (κ2) is 7.26. The Balaban J connectivity index is 1.49. The van der Waals surface area contributed by atoms with E-state index in [2.05, 4.69) is 15.4 Å². The summed E-state index contributed by atoms with van der Waals surface area (Å²) in [6, 6.07) is 7.98. The van der Waals surface area contributed by atoms with Crippen LogP contribution in [0.5, 0.6) is 0 Å². The zero-order valence-electron chi connectivity index (χ0n) is 14.5. The van der Waals surface area contributed by atoms with Crippen LogP contribution in [0.25, 0.3) is 11.3 Å². The lowest BCUT2D eigenvalue weighted by Gasteiger charge is -2.24. The summed E-state index contributed by atoms with van der Waals surface area (Å²) in [7, 11) is 0. The van der Waals surface area contributed by atoms with Crippen molar-refractivity contribution in [2.75, 3.05) is 5.32 Å². The number of hydrogen-bond acceptors (Lipinski definition) is 3. The van der Waals surface area contributed by atoms with Gasteiger partial charge in [0.05, 0.1) is 17.6 Å². The van der Waals surface area contributed by atoms with Crippen molar-refractivity contribution in [3.63, 3.8) is 0 Å². The van der Waals surface area contributed by atoms with E-state index < -0.39 is 17.5 Å². The van der Waals surface area contributed by atoms with E-state index in [9.17, 15) is 13.6 Å². The van der Waals surface area contributed by atoms with E-state index in [1.807, 2.05) is 4.68 Å². The monoisotopic (exact) mass is 368 g/mol. The van der Waals surface area contributed by atoms with Crippen LogP contribution in [-0.2, 0) is 6.54 Å². The highest BCUT2D eigenvalue weighted by atomic mass is 19.1. The number of anilines is 1. The van der Waals surface area contributed by atoms with Crippen molar-refractivity contribution in [2.24, 2.45) is 5.92 Å². The van der Waals surface area contributed by atoms with Crippen LogP contribution >= 0.6 is 0 Å². The maximum absolute atomic E-state index is 14.0. The second-order valence-corrected chi connectivity index (χ2v) is 6.73. The molecule has 0 radical (unpaired) electrons. The van der Waals surface area contributed by atoms with Crippen LogP contribution in [0, 0.1) is 17.6 Å². The number of hydrogen-bond donors (Lipinski definition) is 1. The van der Waals surface area contributed by atoms with E-state index in [1.165, 1.54) is 25.3 Å². The Morgan fingerprint density at radius 3 is 2.81 bits per heavy atom. The molecule has 1 aliphatic carbocycles. The Kier molecular flexibility index (Phi) is 4.66. The van der Waals surface area contributed by atoms with Crippen molar-refractivity contribution in [3.05, 3.63) is 66.1 Å². The summed E-state index contributed by atoms with van der Waals surface area (Å²) in [5.74, 6) is -1.14. The molecule has 0 unspecified atom stereocenters. The average molecular weight is 368 g/mol. The maximum atomic E-state index is 14.0. The second-order valence-electron chi connectivity index (χ2n) is 6.73. The molecule has 7 heteroatoms. The summed E-state index contributed by atoms with van der Waals surface area (Å²) < 4.78 is 28.9. The van der Waals surface area contributed by atoms with Gasteiger partial charge < -0.3 is 5.32 Å². The highest BCUT2D eigenvalue weighted by Crippen LogP contribution is 2.28. The average Bonchev–Trinajstić information content (AvgIpc) is 3.05. The molecule has 2 heterocycles. The van der Waals surface area contributed by atoms with Crippen LogP contribution in [0.1, 0.15) is 29.8 Å². The predicted octanol–water partition coefficient (Wildman–Crippen LogP) is 4.28. The van der Waals surface area contributed by atoms with Gasteiger partial charge in [-0.2, -0.15) is 5.10 Å². The van der Waals surface area contributed by atoms with Gasteiger partial charge in [-0.25, -0.2) is 13.8 Å². The molecule has 0 spiro atoms. The zero-order valence-corrected chi connectivity index (χ0v) is 14.5. The van der Waals surface area contributed by atoms with Gasteiger partial charge in [0.25, 0.3) is 5.91 Å². The maximum Gasteiger partial charge on any atom is 0.274 e. The molecule has 0 saturated heterocycles. The van der Waals surface area contributed by atoms with Crippen molar-refractivity contribution in [3.8, 4) is 11.3 Å². The van der Waals surface area contributed by atoms with Crippen LogP contribution in [-0.4, -0.2) is 20.7 Å². The number of pyridine rings is 1. The van der Waals surface area contributed by atoms with Gasteiger partial charge in [-0.3, -0.25) is 9.48 Å². The summed E-state index contributed by atoms with van der Waals surface area (Å²) in [6.45, 7) is 0.855. The number of amides is 1. The third-order valence-corrected chi connectivity index (χ3v) is 4.75. The largest absolute Gasteiger partial charge is 0.318 e. The van der Waals surface area contributed by atoms with Crippen LogP contribution in [0.3, 0.4) is 0 Å². The molecular formula is C20H18F2N4O. The van der Waals surface area contributed by atoms with Crippen molar-refractivity contribution < 1.29 is 13.6 Å². The van der Waals surface area contributed by atoms with Gasteiger partial charge in [0.2, 0.25) is 0 Å². The minimum atomic E-state index is -0.725. The number of rotatable bonds is 5. The molecule has 4 rings (SSSR count). The highest BCUT2D eigenvalue weighted by Gasteiger charge is 2.18. The Bertz CT molecular complexity index is 982. The number of aromatic nitrogens is 3. The molecule has 0 atom stereocenters. The van der Waals surface area contributed by atoms with Crippen molar-refractivity contribution in [1.29, 1.82) is 0 Å². The van der Waals surface area contributed by atoms with Gasteiger partial charge in [0.1, 0.15) is 17.3 Å². The topological polar surface area (TPSA) is 59.8 Å². The fourth-order valence-corrected chi connectivity index (χ4v) is 3.07. The SMILES string of the molecule is O=C(Nc1cnn(CC2CCC2)c1)c1cccc(-c2ccc(F)cc2F)n1. The standard InChI is InChI=1S/C20H18F2N4O/c21-14-7-8-16(17(22)9-14)18-5-2-6-19(25-18)20(27)24-15-10-23-26(12-15)11-13-3-1-4-13/h2,5-10,12-13H,1,3-4,11H2,(H,24,27). The zero-order chi connectivity index (χ0) is 18.8. The minimum Gasteiger partial charge on any atom is -0.318 e. The Labute approximate surface area is 155 Å². The van der Waals surface area contributed by atoms with Crippen molar-refractivity contribution in [2.45, 2.75) is 25.8 Å². The summed E-state index contributed by atoms with van der Waals surface area (Å²) in [4.78, 5) is 16.7. The van der Waals surface area contributed by atoms with Gasteiger partial charge >= 0.3 is 0 Å². The fourth-order valence-electron chi connectivity index (χ4n) is 3.07. The first kappa shape index (κ1) is 17.3. The van der Waals surface area contributed by atoms with Crippen molar-refractivity contribution in [1.82, 2.24) is 14.8 Å². The summed E-state index contributed by atoms with van der Waals surface area (Å²) in [5, 5.41) is 7.02. The first-order valence-electron chi connectivity index (χ1n) is 8.85. The number of carbonyl (C=O) groups excluding carboxylic acids is 1. The van der Waals surface area contributed by atoms with Gasteiger partial charge in [-0.15, -0.1) is 0 Å². The summed E-state index contributed by atoms with van der Waals surface area (Å²) in [6.07, 6.45) is 7.10. The lowest BCUT2D eigenvalue weighted by Crippen LogP contribution is -2.18. The normalized spacial score (nSPS) is 14.0. The number of carbonyl (C=O) groups is 1. The Morgan fingerprint density at radius 2 is 2.07 bits per heavy atom. The third-order valence-electron chi connectivity index (χ3n) is 4.75. The molecule has 1 aromatic carbocycles. The third kappa shape index (κ3) is 3.86. The first-order valence-corrected chi connectivity index (χ1v) is 8.85. The molecule has 0 aliphatic heterocycles. The number of nitrogens with one attached hydrogen (secondary N) is 1. The Morgan fingerprint density at radius 1 is 1.22 bits per heavy atom. The quantitative estimate of drug-likeness (QED) is 0.731. The molecule has 1 N–H and O–H groups in total. The molecule has 0 bridgehead atoms. The minimum absolute atomic E-state index is 0.138. The smallest absolute Gasteiger partial charge is 0.274 e. The van der Waals surface area contributed by atoms with E-state index in [0.29, 0.717) is 11.6 Å². The first-order chi connectivity index (χ1) is 13.1. The van der Waals surface area contributed by atoms with E-state index >= 15 is 0 Å². The molecule has 5 nitrogen and oxygen atoms in total. The molecule has 1 aliphatic rings. The van der Waals surface area contributed by atoms with Crippen LogP contribution < -0.4 is 5.32 Å². The van der Waals surface area contributed by atoms with Gasteiger partial charge in [0, 0.05) is 24.4 Å². The lowest BCUT2D eigenvalue weighted by atomic mass is 9.85. The highest BCUT2D eigenvalue weighted by molar-refractivity contribution is 6.03.